The molecule has 110 valence electrons. The molecular weight excluding hydrogens is 264 g/mol. The van der Waals surface area contributed by atoms with Crippen molar-refractivity contribution in [2.75, 3.05) is 13.2 Å². The number of nitro groups is 1. The van der Waals surface area contributed by atoms with Crippen LogP contribution in [0, 0.1) is 10.1 Å². The molecule has 20 heavy (non-hydrogen) atoms. The van der Waals surface area contributed by atoms with E-state index in [1.165, 1.54) is 24.3 Å². The van der Waals surface area contributed by atoms with Gasteiger partial charge in [-0.3, -0.25) is 10.1 Å². The minimum Gasteiger partial charge on any atom is -0.459 e. The summed E-state index contributed by atoms with van der Waals surface area (Å²) in [7, 11) is 0. The fraction of sp³-hybridized carbons (Fsp3) is 0.462. The number of non-ortho nitro benzene ring substituents is 1. The van der Waals surface area contributed by atoms with E-state index >= 15 is 0 Å². The number of hydrogen-bond acceptors (Lipinski definition) is 6. The standard InChI is InChI=1S/C13H18N2O5/c1-9(2)14-7-12(16)8-20-13(17)10-3-5-11(6-4-10)15(18)19/h3-6,9,12,14,16H,7-8H2,1-2H3/t12-/m1/s1. The van der Waals surface area contributed by atoms with E-state index in [-0.39, 0.29) is 23.9 Å². The van der Waals surface area contributed by atoms with Crippen LogP contribution in [0.25, 0.3) is 0 Å². The Kier molecular flexibility index (Phi) is 6.08. The number of rotatable bonds is 7. The first-order chi connectivity index (χ1) is 9.40. The topological polar surface area (TPSA) is 102 Å². The Balaban J connectivity index is 2.44. The minimum atomic E-state index is -0.792. The van der Waals surface area contributed by atoms with Crippen LogP contribution in [0.5, 0.6) is 0 Å². The van der Waals surface area contributed by atoms with Gasteiger partial charge in [-0.15, -0.1) is 0 Å². The van der Waals surface area contributed by atoms with E-state index in [0.29, 0.717) is 6.54 Å². The second-order valence-corrected chi connectivity index (χ2v) is 4.62. The van der Waals surface area contributed by atoms with Gasteiger partial charge >= 0.3 is 5.97 Å². The van der Waals surface area contributed by atoms with Crippen molar-refractivity contribution in [2.24, 2.45) is 0 Å². The lowest BCUT2D eigenvalue weighted by atomic mass is 10.2. The number of benzene rings is 1. The molecule has 0 aromatic heterocycles. The highest BCUT2D eigenvalue weighted by Gasteiger charge is 2.13. The number of nitrogens with zero attached hydrogens (tertiary/aromatic N) is 1. The predicted octanol–water partition coefficient (Wildman–Crippen LogP) is 1.11. The molecule has 1 atom stereocenters. The van der Waals surface area contributed by atoms with Crippen LogP contribution in [0.4, 0.5) is 5.69 Å². The molecule has 0 aliphatic carbocycles. The Morgan fingerprint density at radius 3 is 2.50 bits per heavy atom. The van der Waals surface area contributed by atoms with E-state index in [0.717, 1.165) is 0 Å². The van der Waals surface area contributed by atoms with Crippen molar-refractivity contribution in [3.63, 3.8) is 0 Å². The maximum Gasteiger partial charge on any atom is 0.338 e. The zero-order valence-corrected chi connectivity index (χ0v) is 11.4. The Labute approximate surface area is 116 Å². The van der Waals surface area contributed by atoms with Crippen molar-refractivity contribution >= 4 is 11.7 Å². The predicted molar refractivity (Wildman–Crippen MR) is 72.5 cm³/mol. The summed E-state index contributed by atoms with van der Waals surface area (Å²) >= 11 is 0. The van der Waals surface area contributed by atoms with Gasteiger partial charge in [0.2, 0.25) is 0 Å². The fourth-order valence-corrected chi connectivity index (χ4v) is 1.41. The maximum absolute atomic E-state index is 11.6. The Morgan fingerprint density at radius 1 is 1.40 bits per heavy atom. The number of aliphatic hydroxyl groups is 1. The van der Waals surface area contributed by atoms with E-state index < -0.39 is 17.0 Å². The molecule has 2 N–H and O–H groups in total. The van der Waals surface area contributed by atoms with Gasteiger partial charge in [-0.25, -0.2) is 4.79 Å². The Bertz CT molecular complexity index is 458. The first kappa shape index (κ1) is 16.1. The molecule has 0 bridgehead atoms. The first-order valence-electron chi connectivity index (χ1n) is 6.23. The van der Waals surface area contributed by atoms with Crippen LogP contribution in [0.15, 0.2) is 24.3 Å². The lowest BCUT2D eigenvalue weighted by Gasteiger charge is -2.14. The zero-order valence-electron chi connectivity index (χ0n) is 11.4. The average molecular weight is 282 g/mol. The Morgan fingerprint density at radius 2 is 2.00 bits per heavy atom. The van der Waals surface area contributed by atoms with E-state index in [1.807, 2.05) is 13.8 Å². The third-order valence-electron chi connectivity index (χ3n) is 2.48. The van der Waals surface area contributed by atoms with E-state index in [2.05, 4.69) is 5.32 Å². The van der Waals surface area contributed by atoms with Gasteiger partial charge in [0, 0.05) is 24.7 Å². The highest BCUT2D eigenvalue weighted by Crippen LogP contribution is 2.12. The summed E-state index contributed by atoms with van der Waals surface area (Å²) in [6.07, 6.45) is -0.792. The van der Waals surface area contributed by atoms with Crippen molar-refractivity contribution in [3.05, 3.63) is 39.9 Å². The molecule has 1 aromatic rings. The molecule has 0 spiro atoms. The van der Waals surface area contributed by atoms with Crippen LogP contribution in [0.2, 0.25) is 0 Å². The highest BCUT2D eigenvalue weighted by molar-refractivity contribution is 5.89. The molecule has 0 aliphatic rings. The molecule has 0 amide bonds. The zero-order chi connectivity index (χ0) is 15.1. The lowest BCUT2D eigenvalue weighted by molar-refractivity contribution is -0.384. The van der Waals surface area contributed by atoms with Crippen molar-refractivity contribution in [3.8, 4) is 0 Å². The van der Waals surface area contributed by atoms with Gasteiger partial charge in [0.15, 0.2) is 0 Å². The Hall–Kier alpha value is -1.99. The molecular formula is C13H18N2O5. The third kappa shape index (κ3) is 5.33. The first-order valence-corrected chi connectivity index (χ1v) is 6.23. The number of carbonyl (C=O) groups is 1. The van der Waals surface area contributed by atoms with Crippen LogP contribution in [0.3, 0.4) is 0 Å². The quantitative estimate of drug-likeness (QED) is 0.441. The number of esters is 1. The molecule has 0 fully saturated rings. The smallest absolute Gasteiger partial charge is 0.338 e. The number of aliphatic hydroxyl groups excluding tert-OH is 1. The van der Waals surface area contributed by atoms with Gasteiger partial charge in [0.05, 0.1) is 10.5 Å². The van der Waals surface area contributed by atoms with E-state index in [9.17, 15) is 20.0 Å². The summed E-state index contributed by atoms with van der Waals surface area (Å²) in [5, 5.41) is 23.1. The molecule has 0 saturated carbocycles. The second-order valence-electron chi connectivity index (χ2n) is 4.62. The van der Waals surface area contributed by atoms with Crippen LogP contribution >= 0.6 is 0 Å². The third-order valence-corrected chi connectivity index (χ3v) is 2.48. The number of hydrogen-bond donors (Lipinski definition) is 2. The molecule has 7 nitrogen and oxygen atoms in total. The largest absolute Gasteiger partial charge is 0.459 e. The molecule has 1 aromatic carbocycles. The SMILES string of the molecule is CC(C)NC[C@@H](O)COC(=O)c1ccc([N+](=O)[O-])cc1. The molecule has 0 unspecified atom stereocenters. The van der Waals surface area contributed by atoms with Crippen molar-refractivity contribution in [1.82, 2.24) is 5.32 Å². The van der Waals surface area contributed by atoms with Crippen molar-refractivity contribution < 1.29 is 19.6 Å². The molecule has 0 radical (unpaired) electrons. The summed E-state index contributed by atoms with van der Waals surface area (Å²) in [6, 6.07) is 5.33. The highest BCUT2D eigenvalue weighted by atomic mass is 16.6. The summed E-state index contributed by atoms with van der Waals surface area (Å²) in [4.78, 5) is 21.6. The van der Waals surface area contributed by atoms with Gasteiger partial charge in [-0.2, -0.15) is 0 Å². The normalized spacial score (nSPS) is 12.2. The monoisotopic (exact) mass is 282 g/mol. The van der Waals surface area contributed by atoms with Gasteiger partial charge in [-0.1, -0.05) is 13.8 Å². The average Bonchev–Trinajstić information content (AvgIpc) is 2.42. The second kappa shape index (κ2) is 7.56. The lowest BCUT2D eigenvalue weighted by Crippen LogP contribution is -2.35. The fourth-order valence-electron chi connectivity index (χ4n) is 1.41. The minimum absolute atomic E-state index is 0.0947. The van der Waals surface area contributed by atoms with Crippen LogP contribution in [0.1, 0.15) is 24.2 Å². The summed E-state index contributed by atoms with van der Waals surface area (Å²) in [5.74, 6) is -0.622. The van der Waals surface area contributed by atoms with Gasteiger partial charge in [0.25, 0.3) is 5.69 Å². The van der Waals surface area contributed by atoms with Gasteiger partial charge in [0.1, 0.15) is 12.7 Å². The summed E-state index contributed by atoms with van der Waals surface area (Å²) in [6.45, 7) is 4.08. The van der Waals surface area contributed by atoms with Gasteiger partial charge < -0.3 is 15.2 Å². The molecule has 7 heteroatoms. The van der Waals surface area contributed by atoms with Crippen LogP contribution < -0.4 is 5.32 Å². The number of nitrogens with one attached hydrogen (secondary N) is 1. The van der Waals surface area contributed by atoms with Crippen molar-refractivity contribution in [1.29, 1.82) is 0 Å². The van der Waals surface area contributed by atoms with Crippen LogP contribution in [-0.4, -0.2) is 41.3 Å². The van der Waals surface area contributed by atoms with E-state index in [1.54, 1.807) is 0 Å². The molecule has 0 heterocycles. The number of carbonyl (C=O) groups excluding carboxylic acids is 1. The number of nitro benzene ring substituents is 1. The van der Waals surface area contributed by atoms with Gasteiger partial charge in [-0.05, 0) is 12.1 Å². The summed E-state index contributed by atoms with van der Waals surface area (Å²) < 4.78 is 4.92. The number of ether oxygens (including phenoxy) is 1. The summed E-state index contributed by atoms with van der Waals surface area (Å²) in [5.41, 5.74) is 0.113. The molecule has 0 saturated heterocycles. The van der Waals surface area contributed by atoms with Crippen LogP contribution in [-0.2, 0) is 4.74 Å². The molecule has 1 rings (SSSR count). The van der Waals surface area contributed by atoms with E-state index in [4.69, 9.17) is 4.74 Å². The molecule has 0 aliphatic heterocycles. The maximum atomic E-state index is 11.6. The van der Waals surface area contributed by atoms with Crippen molar-refractivity contribution in [2.45, 2.75) is 26.0 Å².